The van der Waals surface area contributed by atoms with Gasteiger partial charge in [0.1, 0.15) is 17.3 Å². The van der Waals surface area contributed by atoms with Crippen LogP contribution in [0.5, 0.6) is 0 Å². The second-order valence-corrected chi connectivity index (χ2v) is 4.48. The summed E-state index contributed by atoms with van der Waals surface area (Å²) in [6.45, 7) is 1.62. The summed E-state index contributed by atoms with van der Waals surface area (Å²) in [4.78, 5) is 9.95. The summed E-state index contributed by atoms with van der Waals surface area (Å²) in [6, 6.07) is 5.46. The summed E-state index contributed by atoms with van der Waals surface area (Å²) in [7, 11) is 0. The first-order valence-corrected chi connectivity index (χ1v) is 6.01. The zero-order valence-electron chi connectivity index (χ0n) is 11.0. The molecule has 2 aromatic rings. The van der Waals surface area contributed by atoms with Crippen LogP contribution in [0.1, 0.15) is 11.1 Å². The third-order valence-corrected chi connectivity index (χ3v) is 2.92. The van der Waals surface area contributed by atoms with Gasteiger partial charge >= 0.3 is 0 Å². The second-order valence-electron chi connectivity index (χ2n) is 4.48. The third kappa shape index (κ3) is 3.31. The zero-order chi connectivity index (χ0) is 15.6. The molecular weight excluding hydrogens is 285 g/mol. The van der Waals surface area contributed by atoms with E-state index in [2.05, 4.69) is 5.32 Å². The Morgan fingerprint density at radius 2 is 1.86 bits per heavy atom. The van der Waals surface area contributed by atoms with Crippen LogP contribution in [0.15, 0.2) is 30.3 Å². The first-order valence-electron chi connectivity index (χ1n) is 6.01. The minimum absolute atomic E-state index is 0.0461. The number of aryl methyl sites for hydroxylation is 1. The van der Waals surface area contributed by atoms with Crippen molar-refractivity contribution in [2.75, 3.05) is 5.32 Å². The predicted molar refractivity (Wildman–Crippen MR) is 71.5 cm³/mol. The number of hydrogen-bond donors (Lipinski definition) is 1. The van der Waals surface area contributed by atoms with Crippen molar-refractivity contribution in [1.29, 1.82) is 0 Å². The minimum Gasteiger partial charge on any atom is -0.373 e. The highest BCUT2D eigenvalue weighted by atomic mass is 19.1. The van der Waals surface area contributed by atoms with Crippen LogP contribution >= 0.6 is 0 Å². The molecule has 110 valence electrons. The average molecular weight is 296 g/mol. The van der Waals surface area contributed by atoms with Gasteiger partial charge < -0.3 is 5.32 Å². The maximum Gasteiger partial charge on any atom is 0.298 e. The van der Waals surface area contributed by atoms with Crippen molar-refractivity contribution < 1.29 is 18.1 Å². The van der Waals surface area contributed by atoms with Crippen molar-refractivity contribution in [2.45, 2.75) is 13.5 Å². The Bertz CT molecular complexity index is 705. The van der Waals surface area contributed by atoms with Crippen molar-refractivity contribution in [3.63, 3.8) is 0 Å². The molecule has 0 saturated heterocycles. The molecular formula is C14H11F3N2O2. The topological polar surface area (TPSA) is 55.2 Å². The van der Waals surface area contributed by atoms with E-state index < -0.39 is 27.9 Å². The van der Waals surface area contributed by atoms with E-state index in [1.54, 1.807) is 6.92 Å². The lowest BCUT2D eigenvalue weighted by Gasteiger charge is -2.09. The van der Waals surface area contributed by atoms with Crippen molar-refractivity contribution in [3.05, 3.63) is 69.0 Å². The van der Waals surface area contributed by atoms with Gasteiger partial charge in [-0.15, -0.1) is 0 Å². The van der Waals surface area contributed by atoms with E-state index in [1.807, 2.05) is 0 Å². The number of nitrogens with zero attached hydrogens (tertiary/aromatic N) is 1. The van der Waals surface area contributed by atoms with Crippen LogP contribution in [0.4, 0.5) is 24.5 Å². The van der Waals surface area contributed by atoms with E-state index in [9.17, 15) is 23.3 Å². The fourth-order valence-electron chi connectivity index (χ4n) is 1.89. The quantitative estimate of drug-likeness (QED) is 0.687. The maximum absolute atomic E-state index is 13.7. The molecule has 7 heteroatoms. The van der Waals surface area contributed by atoms with Crippen molar-refractivity contribution in [2.24, 2.45) is 0 Å². The first kappa shape index (κ1) is 14.8. The molecule has 21 heavy (non-hydrogen) atoms. The summed E-state index contributed by atoms with van der Waals surface area (Å²) in [5.74, 6) is -2.46. The van der Waals surface area contributed by atoms with Gasteiger partial charge in [0.2, 0.25) is 0 Å². The molecule has 0 heterocycles. The summed E-state index contributed by atoms with van der Waals surface area (Å²) >= 11 is 0. The van der Waals surface area contributed by atoms with Crippen LogP contribution < -0.4 is 5.32 Å². The largest absolute Gasteiger partial charge is 0.373 e. The molecule has 0 fully saturated rings. The van der Waals surface area contributed by atoms with E-state index in [-0.39, 0.29) is 12.4 Å². The van der Waals surface area contributed by atoms with Gasteiger partial charge in [-0.3, -0.25) is 10.1 Å². The second kappa shape index (κ2) is 5.82. The Morgan fingerprint density at radius 1 is 1.14 bits per heavy atom. The van der Waals surface area contributed by atoms with Gasteiger partial charge in [-0.05, 0) is 24.1 Å². The molecule has 0 spiro atoms. The highest BCUT2D eigenvalue weighted by Gasteiger charge is 2.20. The van der Waals surface area contributed by atoms with Crippen molar-refractivity contribution >= 4 is 11.4 Å². The van der Waals surface area contributed by atoms with Gasteiger partial charge in [-0.2, -0.15) is 0 Å². The van der Waals surface area contributed by atoms with Gasteiger partial charge in [0, 0.05) is 12.6 Å². The van der Waals surface area contributed by atoms with Crippen LogP contribution in [0.25, 0.3) is 0 Å². The molecule has 0 radical (unpaired) electrons. The van der Waals surface area contributed by atoms with E-state index >= 15 is 0 Å². The highest BCUT2D eigenvalue weighted by Crippen LogP contribution is 2.29. The van der Waals surface area contributed by atoms with Crippen LogP contribution in [0.2, 0.25) is 0 Å². The number of halogens is 3. The Balaban J connectivity index is 2.27. The van der Waals surface area contributed by atoms with Crippen LogP contribution in [-0.2, 0) is 6.54 Å². The van der Waals surface area contributed by atoms with Crippen molar-refractivity contribution in [3.8, 4) is 0 Å². The SMILES string of the molecule is Cc1cc(CNc2c(F)cc(F)cc2[N+](=O)[O-])ccc1F. The minimum atomic E-state index is -1.06. The zero-order valence-corrected chi connectivity index (χ0v) is 11.0. The summed E-state index contributed by atoms with van der Waals surface area (Å²) < 4.78 is 39.8. The molecule has 4 nitrogen and oxygen atoms in total. The molecule has 0 aliphatic rings. The third-order valence-electron chi connectivity index (χ3n) is 2.92. The maximum atomic E-state index is 13.7. The van der Waals surface area contributed by atoms with Crippen LogP contribution in [0, 0.1) is 34.5 Å². The number of nitrogens with one attached hydrogen (secondary N) is 1. The summed E-state index contributed by atoms with van der Waals surface area (Å²) in [6.07, 6.45) is 0. The fourth-order valence-corrected chi connectivity index (χ4v) is 1.89. The molecule has 0 atom stereocenters. The van der Waals surface area contributed by atoms with Crippen molar-refractivity contribution in [1.82, 2.24) is 0 Å². The van der Waals surface area contributed by atoms with E-state index in [4.69, 9.17) is 0 Å². The monoisotopic (exact) mass is 296 g/mol. The molecule has 0 saturated carbocycles. The Labute approximate surface area is 118 Å². The normalized spacial score (nSPS) is 10.5. The lowest BCUT2D eigenvalue weighted by Crippen LogP contribution is -2.06. The Kier molecular flexibility index (Phi) is 4.11. The molecule has 0 amide bonds. The number of nitro groups is 1. The van der Waals surface area contributed by atoms with Gasteiger partial charge in [0.25, 0.3) is 5.69 Å². The number of anilines is 1. The van der Waals surface area contributed by atoms with Gasteiger partial charge in [0.15, 0.2) is 5.82 Å². The predicted octanol–water partition coefficient (Wildman–Crippen LogP) is 3.93. The van der Waals surface area contributed by atoms with E-state index in [0.717, 1.165) is 0 Å². The number of nitro benzene ring substituents is 1. The fraction of sp³-hybridized carbons (Fsp3) is 0.143. The molecule has 2 aromatic carbocycles. The number of benzene rings is 2. The smallest absolute Gasteiger partial charge is 0.298 e. The van der Waals surface area contributed by atoms with E-state index in [1.165, 1.54) is 18.2 Å². The standard InChI is InChI=1S/C14H11F3N2O2/c1-8-4-9(2-3-11(8)16)7-18-14-12(17)5-10(15)6-13(14)19(20)21/h2-6,18H,7H2,1H3. The molecule has 1 N–H and O–H groups in total. The summed E-state index contributed by atoms with van der Waals surface area (Å²) in [5.41, 5.74) is -0.0648. The lowest BCUT2D eigenvalue weighted by atomic mass is 10.1. The number of rotatable bonds is 4. The molecule has 0 aliphatic heterocycles. The first-order chi connectivity index (χ1) is 9.88. The molecule has 0 unspecified atom stereocenters. The Hall–Kier alpha value is -2.57. The lowest BCUT2D eigenvalue weighted by molar-refractivity contribution is -0.384. The molecule has 0 aromatic heterocycles. The highest BCUT2D eigenvalue weighted by molar-refractivity contribution is 5.62. The van der Waals surface area contributed by atoms with Crippen LogP contribution in [0.3, 0.4) is 0 Å². The number of hydrogen-bond acceptors (Lipinski definition) is 3. The molecule has 0 aliphatic carbocycles. The average Bonchev–Trinajstić information content (AvgIpc) is 2.40. The van der Waals surface area contributed by atoms with Gasteiger partial charge in [0.05, 0.1) is 11.0 Å². The van der Waals surface area contributed by atoms with Gasteiger partial charge in [-0.1, -0.05) is 12.1 Å². The molecule has 0 bridgehead atoms. The molecule has 2 rings (SSSR count). The Morgan fingerprint density at radius 3 is 2.48 bits per heavy atom. The van der Waals surface area contributed by atoms with Gasteiger partial charge in [-0.25, -0.2) is 13.2 Å². The van der Waals surface area contributed by atoms with Crippen LogP contribution in [-0.4, -0.2) is 4.92 Å². The van der Waals surface area contributed by atoms with E-state index in [0.29, 0.717) is 23.3 Å². The summed E-state index contributed by atoms with van der Waals surface area (Å²) in [5, 5.41) is 13.4.